The smallest absolute Gasteiger partial charge is 0.336 e. The van der Waals surface area contributed by atoms with Gasteiger partial charge in [-0.15, -0.1) is 0 Å². The van der Waals surface area contributed by atoms with Crippen LogP contribution in [0.15, 0.2) is 33.5 Å². The topological polar surface area (TPSA) is 65.8 Å². The Morgan fingerprint density at radius 1 is 1.29 bits per heavy atom. The number of carbonyl (C=O) groups is 1. The number of rotatable bonds is 4. The van der Waals surface area contributed by atoms with E-state index in [2.05, 4.69) is 5.32 Å². The molecule has 0 radical (unpaired) electrons. The SMILES string of the molecule is Cc1ccc2c(CN(C)CC(=O)N3CCNCC3)cc(=O)oc2c1. The lowest BCUT2D eigenvalue weighted by Crippen LogP contribution is -2.49. The van der Waals surface area contributed by atoms with Gasteiger partial charge in [-0.25, -0.2) is 4.79 Å². The molecular formula is C18H23N3O3. The summed E-state index contributed by atoms with van der Waals surface area (Å²) < 4.78 is 5.28. The molecule has 0 bridgehead atoms. The van der Waals surface area contributed by atoms with E-state index >= 15 is 0 Å². The van der Waals surface area contributed by atoms with Crippen LogP contribution in [0.1, 0.15) is 11.1 Å². The molecule has 1 fully saturated rings. The molecule has 1 saturated heterocycles. The Bertz CT molecular complexity index is 794. The number of nitrogens with zero attached hydrogens (tertiary/aromatic N) is 2. The molecule has 1 aromatic heterocycles. The third-order valence-corrected chi connectivity index (χ3v) is 4.30. The Morgan fingerprint density at radius 2 is 2.04 bits per heavy atom. The maximum absolute atomic E-state index is 12.4. The van der Waals surface area contributed by atoms with Crippen molar-refractivity contribution in [2.24, 2.45) is 0 Å². The van der Waals surface area contributed by atoms with E-state index < -0.39 is 0 Å². The monoisotopic (exact) mass is 329 g/mol. The minimum absolute atomic E-state index is 0.127. The van der Waals surface area contributed by atoms with E-state index in [4.69, 9.17) is 4.42 Å². The van der Waals surface area contributed by atoms with Crippen LogP contribution in [0.2, 0.25) is 0 Å². The highest BCUT2D eigenvalue weighted by molar-refractivity contribution is 5.81. The van der Waals surface area contributed by atoms with E-state index in [0.29, 0.717) is 18.7 Å². The Kier molecular flexibility index (Phi) is 4.97. The van der Waals surface area contributed by atoms with Gasteiger partial charge in [0.1, 0.15) is 5.58 Å². The number of piperazine rings is 1. The first-order valence-corrected chi connectivity index (χ1v) is 8.23. The van der Waals surface area contributed by atoms with Gasteiger partial charge in [0.15, 0.2) is 0 Å². The van der Waals surface area contributed by atoms with Crippen LogP contribution < -0.4 is 10.9 Å². The summed E-state index contributed by atoms with van der Waals surface area (Å²) in [5, 5.41) is 4.16. The van der Waals surface area contributed by atoms with Crippen molar-refractivity contribution >= 4 is 16.9 Å². The molecule has 1 aliphatic heterocycles. The fraction of sp³-hybridized carbons (Fsp3) is 0.444. The molecule has 0 saturated carbocycles. The molecule has 1 amide bonds. The largest absolute Gasteiger partial charge is 0.423 e. The molecule has 0 atom stereocenters. The Hall–Kier alpha value is -2.18. The second kappa shape index (κ2) is 7.15. The molecule has 0 unspecified atom stereocenters. The molecule has 2 aromatic rings. The van der Waals surface area contributed by atoms with Crippen molar-refractivity contribution in [3.05, 3.63) is 45.8 Å². The van der Waals surface area contributed by atoms with E-state index in [9.17, 15) is 9.59 Å². The van der Waals surface area contributed by atoms with Crippen molar-refractivity contribution in [1.82, 2.24) is 15.1 Å². The van der Waals surface area contributed by atoms with Gasteiger partial charge in [0, 0.05) is 44.2 Å². The number of nitrogens with one attached hydrogen (secondary N) is 1. The van der Waals surface area contributed by atoms with Crippen LogP contribution >= 0.6 is 0 Å². The van der Waals surface area contributed by atoms with Crippen molar-refractivity contribution in [3.8, 4) is 0 Å². The van der Waals surface area contributed by atoms with E-state index in [0.717, 1.165) is 42.7 Å². The van der Waals surface area contributed by atoms with Crippen LogP contribution in [0.3, 0.4) is 0 Å². The predicted octanol–water partition coefficient (Wildman–Crippen LogP) is 0.965. The maximum atomic E-state index is 12.4. The van der Waals surface area contributed by atoms with E-state index in [1.807, 2.05) is 42.0 Å². The lowest BCUT2D eigenvalue weighted by atomic mass is 10.1. The van der Waals surface area contributed by atoms with Gasteiger partial charge in [0.2, 0.25) is 5.91 Å². The Labute approximate surface area is 141 Å². The summed E-state index contributed by atoms with van der Waals surface area (Å²) in [5.74, 6) is 0.127. The Balaban J connectivity index is 1.74. The van der Waals surface area contributed by atoms with Crippen LogP contribution in [0.4, 0.5) is 0 Å². The molecule has 1 aliphatic rings. The minimum atomic E-state index is -0.357. The first kappa shape index (κ1) is 16.7. The van der Waals surface area contributed by atoms with Crippen LogP contribution in [0, 0.1) is 6.92 Å². The molecular weight excluding hydrogens is 306 g/mol. The van der Waals surface area contributed by atoms with Crippen molar-refractivity contribution in [3.63, 3.8) is 0 Å². The Morgan fingerprint density at radius 3 is 2.79 bits per heavy atom. The number of benzene rings is 1. The second-order valence-electron chi connectivity index (χ2n) is 6.39. The van der Waals surface area contributed by atoms with Gasteiger partial charge in [-0.3, -0.25) is 9.69 Å². The summed E-state index contributed by atoms with van der Waals surface area (Å²) in [5.41, 5.74) is 2.17. The number of carbonyl (C=O) groups excluding carboxylic acids is 1. The summed E-state index contributed by atoms with van der Waals surface area (Å²) in [6.45, 7) is 6.03. The van der Waals surface area contributed by atoms with Gasteiger partial charge in [0.25, 0.3) is 0 Å². The number of likely N-dealkylation sites (N-methyl/N-ethyl adjacent to an activating group) is 1. The van der Waals surface area contributed by atoms with Crippen molar-refractivity contribution < 1.29 is 9.21 Å². The molecule has 3 rings (SSSR count). The normalized spacial score (nSPS) is 15.2. The average Bonchev–Trinajstić information content (AvgIpc) is 2.54. The number of fused-ring (bicyclic) bond motifs is 1. The van der Waals surface area contributed by atoms with Crippen molar-refractivity contribution in [1.29, 1.82) is 0 Å². The number of hydrogen-bond acceptors (Lipinski definition) is 5. The molecule has 0 aliphatic carbocycles. The molecule has 0 spiro atoms. The van der Waals surface area contributed by atoms with Gasteiger partial charge < -0.3 is 14.6 Å². The van der Waals surface area contributed by atoms with Gasteiger partial charge in [-0.2, -0.15) is 0 Å². The summed E-state index contributed by atoms with van der Waals surface area (Å²) in [4.78, 5) is 28.0. The molecule has 2 heterocycles. The first-order chi connectivity index (χ1) is 11.5. The highest BCUT2D eigenvalue weighted by Crippen LogP contribution is 2.19. The zero-order valence-corrected chi connectivity index (χ0v) is 14.2. The first-order valence-electron chi connectivity index (χ1n) is 8.23. The zero-order chi connectivity index (χ0) is 17.1. The third kappa shape index (κ3) is 3.83. The third-order valence-electron chi connectivity index (χ3n) is 4.30. The van der Waals surface area contributed by atoms with Crippen LogP contribution in [0.5, 0.6) is 0 Å². The number of aryl methyl sites for hydroxylation is 1. The summed E-state index contributed by atoms with van der Waals surface area (Å²) in [7, 11) is 1.90. The van der Waals surface area contributed by atoms with E-state index in [-0.39, 0.29) is 11.5 Å². The molecule has 6 nitrogen and oxygen atoms in total. The zero-order valence-electron chi connectivity index (χ0n) is 14.2. The van der Waals surface area contributed by atoms with Gasteiger partial charge in [-0.1, -0.05) is 12.1 Å². The highest BCUT2D eigenvalue weighted by Gasteiger charge is 2.18. The standard InChI is InChI=1S/C18H23N3O3/c1-13-3-4-15-14(10-18(23)24-16(15)9-13)11-20(2)12-17(22)21-7-5-19-6-8-21/h3-4,9-10,19H,5-8,11-12H2,1-2H3. The molecule has 1 aromatic carbocycles. The minimum Gasteiger partial charge on any atom is -0.423 e. The van der Waals surface area contributed by atoms with Gasteiger partial charge in [0.05, 0.1) is 6.54 Å². The van der Waals surface area contributed by atoms with Gasteiger partial charge in [-0.05, 0) is 31.2 Å². The van der Waals surface area contributed by atoms with Crippen LogP contribution in [0.25, 0.3) is 11.0 Å². The predicted molar refractivity (Wildman–Crippen MR) is 93.0 cm³/mol. The van der Waals surface area contributed by atoms with Gasteiger partial charge >= 0.3 is 5.63 Å². The molecule has 128 valence electrons. The fourth-order valence-corrected chi connectivity index (χ4v) is 3.06. The lowest BCUT2D eigenvalue weighted by molar-refractivity contribution is -0.132. The van der Waals surface area contributed by atoms with Crippen molar-refractivity contribution in [2.45, 2.75) is 13.5 Å². The summed E-state index contributed by atoms with van der Waals surface area (Å²) >= 11 is 0. The maximum Gasteiger partial charge on any atom is 0.336 e. The van der Waals surface area contributed by atoms with E-state index in [1.54, 1.807) is 0 Å². The summed E-state index contributed by atoms with van der Waals surface area (Å²) in [6, 6.07) is 7.35. The van der Waals surface area contributed by atoms with E-state index in [1.165, 1.54) is 6.07 Å². The van der Waals surface area contributed by atoms with Crippen LogP contribution in [-0.2, 0) is 11.3 Å². The molecule has 24 heavy (non-hydrogen) atoms. The average molecular weight is 329 g/mol. The van der Waals surface area contributed by atoms with Crippen LogP contribution in [-0.4, -0.2) is 55.5 Å². The van der Waals surface area contributed by atoms with Crippen molar-refractivity contribution in [2.75, 3.05) is 39.8 Å². The lowest BCUT2D eigenvalue weighted by Gasteiger charge is -2.29. The number of amides is 1. The second-order valence-corrected chi connectivity index (χ2v) is 6.39. The molecule has 6 heteroatoms. The number of hydrogen-bond donors (Lipinski definition) is 1. The summed E-state index contributed by atoms with van der Waals surface area (Å²) in [6.07, 6.45) is 0. The highest BCUT2D eigenvalue weighted by atomic mass is 16.4. The fourth-order valence-electron chi connectivity index (χ4n) is 3.06. The molecule has 1 N–H and O–H groups in total. The quantitative estimate of drug-likeness (QED) is 0.847.